The zero-order valence-electron chi connectivity index (χ0n) is 25.7. The highest BCUT2D eigenvalue weighted by atomic mass is 16.5. The fourth-order valence-electron chi connectivity index (χ4n) is 6.07. The molecule has 0 aromatic carbocycles. The number of H-pyrrole nitrogens is 2. The van der Waals surface area contributed by atoms with E-state index in [1.807, 2.05) is 26.0 Å². The molecule has 42 heavy (non-hydrogen) atoms. The van der Waals surface area contributed by atoms with Crippen molar-refractivity contribution in [2.45, 2.75) is 67.2 Å². The minimum Gasteiger partial charge on any atom is -0.469 e. The molecular formula is C34H38N4O4. The summed E-state index contributed by atoms with van der Waals surface area (Å²) in [6.45, 7) is 12.5. The lowest BCUT2D eigenvalue weighted by molar-refractivity contribution is -0.140. The lowest BCUT2D eigenvalue weighted by Crippen LogP contribution is -2.02. The molecule has 8 bridgehead atoms. The van der Waals surface area contributed by atoms with Gasteiger partial charge < -0.3 is 19.4 Å². The number of esters is 2. The Bertz CT molecular complexity index is 1850. The zero-order valence-corrected chi connectivity index (χ0v) is 25.7. The molecule has 0 atom stereocenters. The van der Waals surface area contributed by atoms with Crippen LogP contribution in [-0.2, 0) is 20.7 Å². The van der Waals surface area contributed by atoms with Crippen LogP contribution in [0.2, 0.25) is 0 Å². The minimum absolute atomic E-state index is 0.223. The van der Waals surface area contributed by atoms with Crippen LogP contribution in [0.25, 0.3) is 44.4 Å². The van der Waals surface area contributed by atoms with E-state index in [9.17, 15) is 9.59 Å². The number of hydrogen-bond donors (Lipinski definition) is 2. The second-order valence-corrected chi connectivity index (χ2v) is 10.8. The van der Waals surface area contributed by atoms with Crippen molar-refractivity contribution in [2.24, 2.45) is 0 Å². The van der Waals surface area contributed by atoms with E-state index in [-0.39, 0.29) is 12.4 Å². The Balaban J connectivity index is 1.94. The summed E-state index contributed by atoms with van der Waals surface area (Å²) in [5, 5.41) is 0. The molecule has 0 aliphatic carbocycles. The highest BCUT2D eigenvalue weighted by Gasteiger charge is 2.22. The molecule has 8 heteroatoms. The Hall–Kier alpha value is -4.46. The Morgan fingerprint density at radius 1 is 0.690 bits per heavy atom. The average molecular weight is 567 g/mol. The average Bonchev–Trinajstić information content (AvgIpc) is 3.64. The van der Waals surface area contributed by atoms with Crippen LogP contribution in [-0.4, -0.2) is 46.1 Å². The van der Waals surface area contributed by atoms with Crippen LogP contribution in [0.5, 0.6) is 0 Å². The summed E-state index contributed by atoms with van der Waals surface area (Å²) in [6, 6.07) is 8.11. The maximum absolute atomic E-state index is 13.0. The number of aryl methyl sites for hydroxylation is 3. The van der Waals surface area contributed by atoms with Crippen molar-refractivity contribution in [2.75, 3.05) is 14.2 Å². The van der Waals surface area contributed by atoms with Crippen LogP contribution in [0.15, 0.2) is 24.3 Å². The zero-order chi connectivity index (χ0) is 30.3. The Labute approximate surface area is 245 Å². The molecule has 218 valence electrons. The summed E-state index contributed by atoms with van der Waals surface area (Å²) in [4.78, 5) is 42.3. The van der Waals surface area contributed by atoms with Crippen molar-refractivity contribution in [3.8, 4) is 0 Å². The first kappa shape index (κ1) is 29.0. The second-order valence-electron chi connectivity index (χ2n) is 10.8. The van der Waals surface area contributed by atoms with Crippen molar-refractivity contribution in [3.63, 3.8) is 0 Å². The number of carbonyl (C=O) groups excluding carboxylic acids is 2. The van der Waals surface area contributed by atoms with E-state index in [0.29, 0.717) is 23.2 Å². The molecule has 0 amide bonds. The predicted octanol–water partition coefficient (Wildman–Crippen LogP) is 7.51. The monoisotopic (exact) mass is 566 g/mol. The summed E-state index contributed by atoms with van der Waals surface area (Å²) >= 11 is 0. The van der Waals surface area contributed by atoms with E-state index < -0.39 is 5.97 Å². The van der Waals surface area contributed by atoms with Gasteiger partial charge in [0.1, 0.15) is 0 Å². The van der Waals surface area contributed by atoms with Crippen LogP contribution in [0.1, 0.15) is 96.8 Å². The SMILES string of the molecule is CCC1=C(C)c2cc3[nH]c(cc4nc(cc5[nH]c(cc1n2)c(C)c5C(=O)OC)C(CCC(=O)OC)=C4C)c(C)c3CC. The normalized spacial score (nSPS) is 13.1. The highest BCUT2D eigenvalue weighted by molar-refractivity contribution is 6.03. The van der Waals surface area contributed by atoms with Gasteiger partial charge in [0.15, 0.2) is 0 Å². The highest BCUT2D eigenvalue weighted by Crippen LogP contribution is 2.36. The number of methoxy groups -OCH3 is 2. The smallest absolute Gasteiger partial charge is 0.340 e. The first-order valence-corrected chi connectivity index (χ1v) is 14.4. The van der Waals surface area contributed by atoms with Gasteiger partial charge in [-0.15, -0.1) is 0 Å². The fourth-order valence-corrected chi connectivity index (χ4v) is 6.07. The maximum Gasteiger partial charge on any atom is 0.340 e. The molecule has 3 aromatic heterocycles. The van der Waals surface area contributed by atoms with Crippen molar-refractivity contribution in [1.82, 2.24) is 19.9 Å². The summed E-state index contributed by atoms with van der Waals surface area (Å²) < 4.78 is 10.1. The molecule has 5 rings (SSSR count). The van der Waals surface area contributed by atoms with E-state index in [1.165, 1.54) is 30.9 Å². The van der Waals surface area contributed by atoms with Crippen molar-refractivity contribution in [3.05, 3.63) is 69.3 Å². The van der Waals surface area contributed by atoms with Gasteiger partial charge in [0, 0.05) is 23.0 Å². The lowest BCUT2D eigenvalue weighted by atomic mass is 10.0. The van der Waals surface area contributed by atoms with Gasteiger partial charge >= 0.3 is 11.9 Å². The standard InChI is InChI=1S/C34H38N4O4/c1-9-21-17(3)24-13-25-19(5)23(11-12-32(39)41-7)30(37-25)16-31-33(34(40)42-8)20(6)27(38-31)15-29-22(10-2)18(4)26(36-29)14-28(21)35-24/h13-16,35,38H,9-12H2,1-8H3. The lowest BCUT2D eigenvalue weighted by Gasteiger charge is -2.04. The molecule has 2 aliphatic heterocycles. The number of fused-ring (bicyclic) bond motifs is 8. The first-order valence-electron chi connectivity index (χ1n) is 14.4. The molecule has 0 radical (unpaired) electrons. The maximum atomic E-state index is 13.0. The Morgan fingerprint density at radius 3 is 1.86 bits per heavy atom. The molecule has 5 heterocycles. The third-order valence-electron chi connectivity index (χ3n) is 8.57. The number of aromatic amines is 2. The third kappa shape index (κ3) is 4.95. The summed E-state index contributed by atoms with van der Waals surface area (Å²) in [6.07, 6.45) is 2.38. The number of allylic oxidation sites excluding steroid dienone is 4. The van der Waals surface area contributed by atoms with E-state index >= 15 is 0 Å². The van der Waals surface area contributed by atoms with Crippen LogP contribution in [0.3, 0.4) is 0 Å². The largest absolute Gasteiger partial charge is 0.469 e. The molecule has 2 aliphatic rings. The number of carbonyl (C=O) groups is 2. The van der Waals surface area contributed by atoms with Gasteiger partial charge in [0.25, 0.3) is 0 Å². The van der Waals surface area contributed by atoms with Gasteiger partial charge in [-0.1, -0.05) is 13.8 Å². The van der Waals surface area contributed by atoms with Gasteiger partial charge in [0.05, 0.1) is 48.1 Å². The van der Waals surface area contributed by atoms with Crippen molar-refractivity contribution < 1.29 is 19.1 Å². The molecule has 0 saturated carbocycles. The van der Waals surface area contributed by atoms with E-state index in [0.717, 1.165) is 68.8 Å². The molecular weight excluding hydrogens is 528 g/mol. The number of nitrogens with one attached hydrogen (secondary N) is 2. The molecule has 0 fully saturated rings. The van der Waals surface area contributed by atoms with Crippen molar-refractivity contribution >= 4 is 56.3 Å². The Kier molecular flexibility index (Phi) is 7.91. The summed E-state index contributed by atoms with van der Waals surface area (Å²) in [7, 11) is 2.78. The predicted molar refractivity (Wildman–Crippen MR) is 168 cm³/mol. The summed E-state index contributed by atoms with van der Waals surface area (Å²) in [5.74, 6) is -0.721. The molecule has 8 nitrogen and oxygen atoms in total. The number of rotatable bonds is 6. The fraction of sp³-hybridized carbons (Fsp3) is 0.353. The quantitative estimate of drug-likeness (QED) is 0.299. The van der Waals surface area contributed by atoms with Crippen LogP contribution in [0, 0.1) is 13.8 Å². The third-order valence-corrected chi connectivity index (χ3v) is 8.57. The second kappa shape index (κ2) is 11.4. The first-order chi connectivity index (χ1) is 20.1. The number of hydrogen-bond acceptors (Lipinski definition) is 6. The number of ether oxygens (including phenoxy) is 2. The number of nitrogens with zero attached hydrogens (tertiary/aromatic N) is 2. The van der Waals surface area contributed by atoms with E-state index in [2.05, 4.69) is 49.8 Å². The van der Waals surface area contributed by atoms with Gasteiger partial charge in [-0.05, 0) is 110 Å². The van der Waals surface area contributed by atoms with Gasteiger partial charge in [-0.2, -0.15) is 0 Å². The van der Waals surface area contributed by atoms with Gasteiger partial charge in [-0.3, -0.25) is 4.79 Å². The molecule has 0 saturated heterocycles. The van der Waals surface area contributed by atoms with Crippen LogP contribution < -0.4 is 0 Å². The molecule has 0 unspecified atom stereocenters. The molecule has 2 N–H and O–H groups in total. The number of aromatic nitrogens is 4. The molecule has 3 aromatic rings. The molecule has 0 spiro atoms. The van der Waals surface area contributed by atoms with E-state index in [4.69, 9.17) is 19.4 Å². The topological polar surface area (TPSA) is 110 Å². The van der Waals surface area contributed by atoms with Crippen LogP contribution in [0.4, 0.5) is 0 Å². The minimum atomic E-state index is -0.434. The van der Waals surface area contributed by atoms with Crippen molar-refractivity contribution in [1.29, 1.82) is 0 Å². The Morgan fingerprint density at radius 2 is 1.24 bits per heavy atom. The van der Waals surface area contributed by atoms with Gasteiger partial charge in [0.2, 0.25) is 0 Å². The van der Waals surface area contributed by atoms with Gasteiger partial charge in [-0.25, -0.2) is 14.8 Å². The van der Waals surface area contributed by atoms with E-state index in [1.54, 1.807) is 0 Å². The summed E-state index contributed by atoms with van der Waals surface area (Å²) in [5.41, 5.74) is 14.5. The van der Waals surface area contributed by atoms with Crippen LogP contribution >= 0.6 is 0 Å².